The van der Waals surface area contributed by atoms with Crippen molar-refractivity contribution >= 4 is 34.9 Å². The van der Waals surface area contributed by atoms with Crippen LogP contribution in [0.15, 0.2) is 12.1 Å². The van der Waals surface area contributed by atoms with E-state index in [9.17, 15) is 39.0 Å². The minimum absolute atomic E-state index is 0.0187. The van der Waals surface area contributed by atoms with Crippen molar-refractivity contribution in [3.05, 3.63) is 28.8 Å². The van der Waals surface area contributed by atoms with E-state index >= 15 is 0 Å². The number of aryl methyl sites for hydroxylation is 1. The van der Waals surface area contributed by atoms with Gasteiger partial charge in [-0.2, -0.15) is 0 Å². The van der Waals surface area contributed by atoms with E-state index in [4.69, 9.17) is 4.74 Å². The van der Waals surface area contributed by atoms with Crippen molar-refractivity contribution < 1.29 is 43.7 Å². The zero-order valence-electron chi connectivity index (χ0n) is 22.5. The van der Waals surface area contributed by atoms with Gasteiger partial charge in [0.25, 0.3) is 0 Å². The number of ketones is 5. The summed E-state index contributed by atoms with van der Waals surface area (Å²) in [4.78, 5) is 79.5. The van der Waals surface area contributed by atoms with E-state index in [0.717, 1.165) is 6.92 Å². The molecule has 3 aliphatic carbocycles. The van der Waals surface area contributed by atoms with E-state index in [1.54, 1.807) is 26.8 Å². The fourth-order valence-corrected chi connectivity index (χ4v) is 7.77. The molecule has 0 saturated heterocycles. The highest BCUT2D eigenvalue weighted by atomic mass is 16.5. The quantitative estimate of drug-likeness (QED) is 0.434. The van der Waals surface area contributed by atoms with Crippen LogP contribution in [0, 0.1) is 34.5 Å². The number of rotatable bonds is 5. The zero-order chi connectivity index (χ0) is 28.5. The maximum absolute atomic E-state index is 14.2. The van der Waals surface area contributed by atoms with E-state index in [1.807, 2.05) is 0 Å². The summed E-state index contributed by atoms with van der Waals surface area (Å²) < 4.78 is 4.73. The maximum Gasteiger partial charge on any atom is 0.305 e. The van der Waals surface area contributed by atoms with E-state index in [1.165, 1.54) is 20.1 Å². The predicted octanol–water partition coefficient (Wildman–Crippen LogP) is 2.20. The third kappa shape index (κ3) is 3.54. The van der Waals surface area contributed by atoms with Gasteiger partial charge in [-0.25, -0.2) is 0 Å². The van der Waals surface area contributed by atoms with Crippen LogP contribution in [0.2, 0.25) is 0 Å². The molecule has 1 aromatic carbocycles. The summed E-state index contributed by atoms with van der Waals surface area (Å²) in [5, 5.41) is 22.6. The van der Waals surface area contributed by atoms with Crippen LogP contribution in [0.5, 0.6) is 5.75 Å². The number of carbonyl (C=O) groups excluding carboxylic acids is 6. The molecule has 38 heavy (non-hydrogen) atoms. The normalized spacial score (nSPS) is 34.5. The molecule has 3 aliphatic rings. The number of esters is 1. The Labute approximate surface area is 220 Å². The monoisotopic (exact) mass is 526 g/mol. The molecule has 9 heteroatoms. The Morgan fingerprint density at radius 1 is 1.11 bits per heavy atom. The Balaban J connectivity index is 1.92. The van der Waals surface area contributed by atoms with Crippen LogP contribution in [-0.2, 0) is 41.6 Å². The van der Waals surface area contributed by atoms with Gasteiger partial charge in [0, 0.05) is 17.8 Å². The molecule has 204 valence electrons. The lowest BCUT2D eigenvalue weighted by molar-refractivity contribution is -0.205. The largest absolute Gasteiger partial charge is 0.507 e. The van der Waals surface area contributed by atoms with Crippen LogP contribution in [0.25, 0.3) is 0 Å². The molecule has 4 rings (SSSR count). The van der Waals surface area contributed by atoms with Gasteiger partial charge in [-0.05, 0) is 54.7 Å². The van der Waals surface area contributed by atoms with Gasteiger partial charge >= 0.3 is 5.97 Å². The van der Waals surface area contributed by atoms with Gasteiger partial charge < -0.3 is 14.9 Å². The molecule has 0 aliphatic heterocycles. The van der Waals surface area contributed by atoms with Gasteiger partial charge in [0.05, 0.1) is 18.6 Å². The van der Waals surface area contributed by atoms with Crippen molar-refractivity contribution in [2.24, 2.45) is 34.5 Å². The number of hydrogen-bond donors (Lipinski definition) is 2. The number of methoxy groups -OCH3 is 1. The Morgan fingerprint density at radius 2 is 1.74 bits per heavy atom. The molecule has 2 fully saturated rings. The SMILES string of the molecule is COC(=O)CCc1ccc(O)c2c1C[C@]1(C)C[C@]3(C)C(C(C)C)C(=O)C(C(C)=O)C(=O)[C@]3(O)C(=O)C1C2=O. The minimum Gasteiger partial charge on any atom is -0.507 e. The molecule has 0 radical (unpaired) electrons. The average Bonchev–Trinajstić information content (AvgIpc) is 2.80. The number of benzene rings is 1. The second-order valence-electron chi connectivity index (χ2n) is 12.0. The van der Waals surface area contributed by atoms with Crippen LogP contribution in [0.3, 0.4) is 0 Å². The van der Waals surface area contributed by atoms with E-state index in [0.29, 0.717) is 11.1 Å². The second kappa shape index (κ2) is 8.93. The smallest absolute Gasteiger partial charge is 0.305 e. The van der Waals surface area contributed by atoms with Gasteiger partial charge in [0.15, 0.2) is 28.7 Å². The van der Waals surface area contributed by atoms with Gasteiger partial charge in [0.2, 0.25) is 0 Å². The predicted molar refractivity (Wildman–Crippen MR) is 133 cm³/mol. The lowest BCUT2D eigenvalue weighted by atomic mass is 9.40. The molecular weight excluding hydrogens is 492 g/mol. The van der Waals surface area contributed by atoms with Gasteiger partial charge in [-0.3, -0.25) is 28.8 Å². The molecule has 2 saturated carbocycles. The molecule has 6 atom stereocenters. The highest BCUT2D eigenvalue weighted by Gasteiger charge is 2.76. The number of phenols is 1. The Hall–Kier alpha value is -3.20. The van der Waals surface area contributed by atoms with E-state index in [2.05, 4.69) is 0 Å². The first kappa shape index (κ1) is 27.8. The zero-order valence-corrected chi connectivity index (χ0v) is 22.5. The van der Waals surface area contributed by atoms with Crippen LogP contribution in [-0.4, -0.2) is 57.8 Å². The van der Waals surface area contributed by atoms with Crippen molar-refractivity contribution in [1.82, 2.24) is 0 Å². The summed E-state index contributed by atoms with van der Waals surface area (Å²) in [5.41, 5.74) is -4.32. The average molecular weight is 527 g/mol. The first-order valence-corrected chi connectivity index (χ1v) is 12.9. The molecule has 0 heterocycles. The molecule has 0 bridgehead atoms. The Kier molecular flexibility index (Phi) is 6.54. The molecule has 9 nitrogen and oxygen atoms in total. The number of aromatic hydroxyl groups is 1. The van der Waals surface area contributed by atoms with Crippen molar-refractivity contribution in [2.75, 3.05) is 7.11 Å². The third-order valence-corrected chi connectivity index (χ3v) is 9.19. The summed E-state index contributed by atoms with van der Waals surface area (Å²) in [6.07, 6.45) is 0.410. The van der Waals surface area contributed by atoms with Crippen LogP contribution >= 0.6 is 0 Å². The molecule has 2 N–H and O–H groups in total. The fourth-order valence-electron chi connectivity index (χ4n) is 7.77. The molecule has 0 spiro atoms. The van der Waals surface area contributed by atoms with Crippen molar-refractivity contribution in [3.63, 3.8) is 0 Å². The molecule has 0 aromatic heterocycles. The number of hydrogen-bond acceptors (Lipinski definition) is 9. The fraction of sp³-hybridized carbons (Fsp3) is 0.586. The number of phenolic OH excluding ortho intramolecular Hbond substituents is 1. The summed E-state index contributed by atoms with van der Waals surface area (Å²) >= 11 is 0. The Morgan fingerprint density at radius 3 is 2.29 bits per heavy atom. The number of fused-ring (bicyclic) bond motifs is 3. The van der Waals surface area contributed by atoms with Crippen LogP contribution < -0.4 is 0 Å². The summed E-state index contributed by atoms with van der Waals surface area (Å²) in [6, 6.07) is 2.95. The van der Waals surface area contributed by atoms with Crippen molar-refractivity contribution in [2.45, 2.75) is 65.9 Å². The van der Waals surface area contributed by atoms with E-state index in [-0.39, 0.29) is 37.0 Å². The topological polar surface area (TPSA) is 152 Å². The summed E-state index contributed by atoms with van der Waals surface area (Å²) in [7, 11) is 1.27. The second-order valence-corrected chi connectivity index (χ2v) is 12.0. The first-order chi connectivity index (χ1) is 17.6. The third-order valence-electron chi connectivity index (χ3n) is 9.19. The molecular formula is C29H34O9. The minimum atomic E-state index is -2.72. The number of ether oxygens (including phenoxy) is 1. The highest BCUT2D eigenvalue weighted by molar-refractivity contribution is 6.32. The lowest BCUT2D eigenvalue weighted by Gasteiger charge is -2.61. The van der Waals surface area contributed by atoms with Crippen molar-refractivity contribution in [3.8, 4) is 5.75 Å². The summed E-state index contributed by atoms with van der Waals surface area (Å²) in [5.74, 6) is -9.71. The first-order valence-electron chi connectivity index (χ1n) is 12.9. The summed E-state index contributed by atoms with van der Waals surface area (Å²) in [6.45, 7) is 7.81. The number of carbonyl (C=O) groups is 6. The van der Waals surface area contributed by atoms with Crippen molar-refractivity contribution in [1.29, 1.82) is 0 Å². The number of aliphatic hydroxyl groups is 1. The molecule has 1 aromatic rings. The van der Waals surface area contributed by atoms with Crippen LogP contribution in [0.1, 0.15) is 68.9 Å². The highest BCUT2D eigenvalue weighted by Crippen LogP contribution is 2.63. The van der Waals surface area contributed by atoms with Gasteiger partial charge in [0.1, 0.15) is 17.5 Å². The number of Topliss-reactive ketones (excluding diaryl/α,β-unsaturated/α-hetero) is 5. The van der Waals surface area contributed by atoms with E-state index < -0.39 is 75.0 Å². The lowest BCUT2D eigenvalue weighted by Crippen LogP contribution is -2.76. The molecule has 0 amide bonds. The van der Waals surface area contributed by atoms with Gasteiger partial charge in [-0.1, -0.05) is 33.8 Å². The molecule has 3 unspecified atom stereocenters. The Bertz CT molecular complexity index is 1290. The van der Waals surface area contributed by atoms with Gasteiger partial charge in [-0.15, -0.1) is 0 Å². The van der Waals surface area contributed by atoms with Crippen LogP contribution in [0.4, 0.5) is 0 Å². The maximum atomic E-state index is 14.2. The standard InChI is InChI=1S/C29H34O9/c1-13(2)21-23(33)19(14(3)30)25(35)29(37)26(36)22-24(34)20-16(11-27(22,4)12-28(21,29)5)15(7-9-17(20)31)8-10-18(32)38-6/h7,9,13,19,21-22,31,37H,8,10-12H2,1-6H3/t19?,21?,22?,27-,28-,29+/m1/s1.